The van der Waals surface area contributed by atoms with Crippen molar-refractivity contribution in [3.05, 3.63) is 67.5 Å². The Morgan fingerprint density at radius 3 is 2.43 bits per heavy atom. The van der Waals surface area contributed by atoms with Gasteiger partial charge in [0.05, 0.1) is 11.9 Å². The molecule has 11 heteroatoms. The van der Waals surface area contributed by atoms with Gasteiger partial charge in [-0.3, -0.25) is 9.36 Å². The summed E-state index contributed by atoms with van der Waals surface area (Å²) in [5, 5.41) is 0.664. The minimum atomic E-state index is -4.84. The third kappa shape index (κ3) is 3.85. The number of alkyl halides is 3. The molecule has 2 heterocycles. The van der Waals surface area contributed by atoms with Crippen LogP contribution in [0, 0.1) is 10.6 Å². The number of anilines is 2. The van der Waals surface area contributed by atoms with Crippen LogP contribution in [0.1, 0.15) is 17.2 Å². The molecule has 0 spiro atoms. The van der Waals surface area contributed by atoms with Gasteiger partial charge < -0.3 is 4.74 Å². The van der Waals surface area contributed by atoms with Crippen molar-refractivity contribution in [1.29, 1.82) is 0 Å². The first kappa shape index (κ1) is 21.3. The van der Waals surface area contributed by atoms with Crippen molar-refractivity contribution >= 4 is 63.3 Å². The summed E-state index contributed by atoms with van der Waals surface area (Å²) in [6.07, 6.45) is -3.27. The molecule has 3 aromatic rings. The number of aryl methyl sites for hydroxylation is 1. The molecule has 2 aromatic carbocycles. The highest BCUT2D eigenvalue weighted by Gasteiger charge is 2.42. The van der Waals surface area contributed by atoms with Gasteiger partial charge in [0.1, 0.15) is 15.5 Å². The van der Waals surface area contributed by atoms with E-state index in [4.69, 9.17) is 23.2 Å². The van der Waals surface area contributed by atoms with Gasteiger partial charge in [0.15, 0.2) is 0 Å². The molecule has 1 atom stereocenters. The van der Waals surface area contributed by atoms with Crippen LogP contribution in [0.4, 0.5) is 24.8 Å². The molecule has 5 nitrogen and oxygen atoms in total. The second kappa shape index (κ2) is 7.61. The van der Waals surface area contributed by atoms with Gasteiger partial charge in [0.2, 0.25) is 5.95 Å². The number of ether oxygens (including phenoxy) is 1. The van der Waals surface area contributed by atoms with E-state index in [1.807, 2.05) is 22.6 Å². The summed E-state index contributed by atoms with van der Waals surface area (Å²) in [4.78, 5) is 19.1. The van der Waals surface area contributed by atoms with Crippen molar-refractivity contribution in [2.75, 3.05) is 4.90 Å². The number of benzene rings is 2. The highest BCUT2D eigenvalue weighted by atomic mass is 127. The van der Waals surface area contributed by atoms with Gasteiger partial charge in [-0.2, -0.15) is 0 Å². The quantitative estimate of drug-likeness (QED) is 0.351. The minimum Gasteiger partial charge on any atom is -0.406 e. The fourth-order valence-electron chi connectivity index (χ4n) is 3.36. The average Bonchev–Trinajstić information content (AvgIpc) is 3.11. The summed E-state index contributed by atoms with van der Waals surface area (Å²) in [5.74, 6) is -0.493. The number of nitrogens with zero attached hydrogens (tertiary/aromatic N) is 3. The van der Waals surface area contributed by atoms with E-state index in [1.165, 1.54) is 29.2 Å². The van der Waals surface area contributed by atoms with E-state index in [9.17, 15) is 18.0 Å². The lowest BCUT2D eigenvalue weighted by atomic mass is 10.00. The van der Waals surface area contributed by atoms with Crippen molar-refractivity contribution in [2.45, 2.75) is 19.3 Å². The van der Waals surface area contributed by atoms with Crippen LogP contribution in [0.3, 0.4) is 0 Å². The van der Waals surface area contributed by atoms with Gasteiger partial charge in [0.25, 0.3) is 5.91 Å². The zero-order chi connectivity index (χ0) is 21.8. The van der Waals surface area contributed by atoms with Crippen LogP contribution in [0.25, 0.3) is 0 Å². The number of hydrogen-bond donors (Lipinski definition) is 0. The molecular formula is C19H11Cl2F3IN3O2. The van der Waals surface area contributed by atoms with E-state index in [2.05, 4.69) is 9.72 Å². The molecule has 0 saturated heterocycles. The summed E-state index contributed by atoms with van der Waals surface area (Å²) in [7, 11) is 0. The zero-order valence-electron chi connectivity index (χ0n) is 15.0. The van der Waals surface area contributed by atoms with Crippen LogP contribution in [-0.4, -0.2) is 21.8 Å². The molecule has 1 aliphatic heterocycles. The van der Waals surface area contributed by atoms with E-state index >= 15 is 0 Å². The zero-order valence-corrected chi connectivity index (χ0v) is 18.7. The SMILES string of the molecule is Cc1ccc(OC(F)(F)F)cc1[C@H]1C(=O)N(c2cc(Cl)cc(Cl)c2)c2ncc(I)n21. The molecule has 0 bridgehead atoms. The van der Waals surface area contributed by atoms with Crippen molar-refractivity contribution in [1.82, 2.24) is 9.55 Å². The Hall–Kier alpha value is -1.98. The Morgan fingerprint density at radius 1 is 1.13 bits per heavy atom. The molecule has 1 aromatic heterocycles. The van der Waals surface area contributed by atoms with Crippen LogP contribution in [0.5, 0.6) is 5.75 Å². The van der Waals surface area contributed by atoms with E-state index in [-0.39, 0.29) is 0 Å². The van der Waals surface area contributed by atoms with Gasteiger partial charge in [-0.05, 0) is 71.0 Å². The highest BCUT2D eigenvalue weighted by Crippen LogP contribution is 2.43. The van der Waals surface area contributed by atoms with Crippen LogP contribution in [0.15, 0.2) is 42.6 Å². The molecule has 0 N–H and O–H groups in total. The van der Waals surface area contributed by atoms with Crippen LogP contribution in [-0.2, 0) is 4.79 Å². The second-order valence-electron chi connectivity index (χ2n) is 6.52. The third-order valence-electron chi connectivity index (χ3n) is 4.53. The molecule has 0 fully saturated rings. The minimum absolute atomic E-state index is 0.314. The Labute approximate surface area is 192 Å². The maximum absolute atomic E-state index is 13.5. The lowest BCUT2D eigenvalue weighted by Gasteiger charge is -2.19. The molecule has 0 unspecified atom stereocenters. The van der Waals surface area contributed by atoms with Gasteiger partial charge >= 0.3 is 6.36 Å². The second-order valence-corrected chi connectivity index (χ2v) is 8.50. The lowest BCUT2D eigenvalue weighted by molar-refractivity contribution is -0.274. The first-order chi connectivity index (χ1) is 14.0. The predicted octanol–water partition coefficient (Wildman–Crippen LogP) is 6.27. The van der Waals surface area contributed by atoms with Gasteiger partial charge in [0, 0.05) is 10.0 Å². The van der Waals surface area contributed by atoms with Crippen molar-refractivity contribution in [3.63, 3.8) is 0 Å². The Balaban J connectivity index is 1.85. The van der Waals surface area contributed by atoms with E-state index < -0.39 is 24.1 Å². The van der Waals surface area contributed by atoms with Crippen LogP contribution in [0.2, 0.25) is 10.0 Å². The van der Waals surface area contributed by atoms with E-state index in [0.717, 1.165) is 0 Å². The van der Waals surface area contributed by atoms with Gasteiger partial charge in [-0.1, -0.05) is 29.3 Å². The fraction of sp³-hybridized carbons (Fsp3) is 0.158. The topological polar surface area (TPSA) is 47.4 Å². The number of aromatic nitrogens is 2. The number of imidazole rings is 1. The smallest absolute Gasteiger partial charge is 0.406 e. The number of amides is 1. The largest absolute Gasteiger partial charge is 0.573 e. The monoisotopic (exact) mass is 567 g/mol. The number of hydrogen-bond acceptors (Lipinski definition) is 3. The molecule has 30 heavy (non-hydrogen) atoms. The van der Waals surface area contributed by atoms with Crippen molar-refractivity contribution in [2.24, 2.45) is 0 Å². The van der Waals surface area contributed by atoms with E-state index in [0.29, 0.717) is 36.5 Å². The van der Waals surface area contributed by atoms with Gasteiger partial charge in [-0.15, -0.1) is 13.2 Å². The first-order valence-electron chi connectivity index (χ1n) is 8.44. The standard InChI is InChI=1S/C19H11Cl2F3IN3O2/c1-9-2-3-13(30-19(22,23)24)7-14(9)16-17(29)27(18-26-8-15(25)28(16)18)12-5-10(20)4-11(21)6-12/h2-8,16H,1H3/t16-/m0/s1. The number of fused-ring (bicyclic) bond motifs is 1. The summed E-state index contributed by atoms with van der Waals surface area (Å²) >= 11 is 14.2. The first-order valence-corrected chi connectivity index (χ1v) is 10.3. The molecule has 0 saturated carbocycles. The number of rotatable bonds is 3. The molecular weight excluding hydrogens is 557 g/mol. The summed E-state index contributed by atoms with van der Waals surface area (Å²) < 4.78 is 44.4. The average molecular weight is 568 g/mol. The van der Waals surface area contributed by atoms with Crippen molar-refractivity contribution < 1.29 is 22.7 Å². The molecule has 1 amide bonds. The lowest BCUT2D eigenvalue weighted by Crippen LogP contribution is -2.26. The summed E-state index contributed by atoms with van der Waals surface area (Å²) in [6.45, 7) is 1.71. The maximum atomic E-state index is 13.5. The van der Waals surface area contributed by atoms with Crippen molar-refractivity contribution in [3.8, 4) is 5.75 Å². The molecule has 4 rings (SSSR count). The number of halogens is 6. The molecule has 156 valence electrons. The highest BCUT2D eigenvalue weighted by molar-refractivity contribution is 14.1. The fourth-order valence-corrected chi connectivity index (χ4v) is 4.51. The molecule has 0 radical (unpaired) electrons. The Bertz CT molecular complexity index is 1150. The molecule has 1 aliphatic rings. The Kier molecular flexibility index (Phi) is 5.39. The van der Waals surface area contributed by atoms with Gasteiger partial charge in [-0.25, -0.2) is 9.88 Å². The molecule has 0 aliphatic carbocycles. The van der Waals surface area contributed by atoms with E-state index in [1.54, 1.807) is 29.8 Å². The summed E-state index contributed by atoms with van der Waals surface area (Å²) in [6, 6.07) is 7.64. The predicted molar refractivity (Wildman–Crippen MR) is 115 cm³/mol. The Morgan fingerprint density at radius 2 is 1.80 bits per heavy atom. The van der Waals surface area contributed by atoms with Crippen LogP contribution >= 0.6 is 45.8 Å². The maximum Gasteiger partial charge on any atom is 0.573 e. The van der Waals surface area contributed by atoms with Crippen LogP contribution < -0.4 is 9.64 Å². The number of carbonyl (C=O) groups is 1. The third-order valence-corrected chi connectivity index (χ3v) is 5.76. The normalized spacial score (nSPS) is 16.2. The number of carbonyl (C=O) groups excluding carboxylic acids is 1. The summed E-state index contributed by atoms with van der Waals surface area (Å²) in [5.41, 5.74) is 1.41.